The van der Waals surface area contributed by atoms with E-state index in [9.17, 15) is 12.8 Å². The third-order valence-electron chi connectivity index (χ3n) is 2.82. The van der Waals surface area contributed by atoms with Crippen molar-refractivity contribution in [2.75, 3.05) is 29.4 Å². The molecule has 2 rings (SSSR count). The first-order valence-corrected chi connectivity index (χ1v) is 7.96. The number of sulfonamides is 1. The Bertz CT molecular complexity index is 542. The Hall–Kier alpha value is -1.34. The fraction of sp³-hybridized carbons (Fsp3) is 0.500. The molecule has 1 saturated heterocycles. The first-order valence-electron chi connectivity index (χ1n) is 6.07. The molecule has 1 heterocycles. The third kappa shape index (κ3) is 4.36. The Kier molecular flexibility index (Phi) is 4.26. The molecule has 0 radical (unpaired) electrons. The number of ether oxygens (including phenoxy) is 1. The van der Waals surface area contributed by atoms with Gasteiger partial charge in [-0.2, -0.15) is 0 Å². The quantitative estimate of drug-likeness (QED) is 0.867. The second-order valence-electron chi connectivity index (χ2n) is 4.58. The molecule has 0 spiro atoms. The van der Waals surface area contributed by atoms with Crippen molar-refractivity contribution in [1.82, 2.24) is 0 Å². The topological polar surface area (TPSA) is 67.4 Å². The van der Waals surface area contributed by atoms with Gasteiger partial charge in [0.2, 0.25) is 10.0 Å². The minimum atomic E-state index is -3.49. The summed E-state index contributed by atoms with van der Waals surface area (Å²) in [4.78, 5) is 0. The van der Waals surface area contributed by atoms with Gasteiger partial charge in [0, 0.05) is 18.8 Å². The average Bonchev–Trinajstić information content (AvgIpc) is 2.81. The lowest BCUT2D eigenvalue weighted by Crippen LogP contribution is -2.18. The normalized spacial score (nSPS) is 19.4. The van der Waals surface area contributed by atoms with Gasteiger partial charge in [-0.3, -0.25) is 4.72 Å². The van der Waals surface area contributed by atoms with Crippen LogP contribution in [0.25, 0.3) is 0 Å². The zero-order valence-electron chi connectivity index (χ0n) is 10.6. The summed E-state index contributed by atoms with van der Waals surface area (Å²) in [7, 11) is -3.49. The van der Waals surface area contributed by atoms with E-state index in [1.165, 1.54) is 12.1 Å². The molecule has 0 saturated carbocycles. The van der Waals surface area contributed by atoms with Gasteiger partial charge in [-0.25, -0.2) is 12.8 Å². The van der Waals surface area contributed by atoms with Crippen LogP contribution < -0.4 is 10.0 Å². The molecule has 1 aliphatic heterocycles. The summed E-state index contributed by atoms with van der Waals surface area (Å²) < 4.78 is 43.3. The highest BCUT2D eigenvalue weighted by Crippen LogP contribution is 2.21. The maximum Gasteiger partial charge on any atom is 0.229 e. The van der Waals surface area contributed by atoms with E-state index in [0.29, 0.717) is 12.2 Å². The molecule has 1 aromatic carbocycles. The minimum Gasteiger partial charge on any atom is -0.382 e. The molecule has 1 aromatic rings. The van der Waals surface area contributed by atoms with Crippen LogP contribution in [0.5, 0.6) is 0 Å². The van der Waals surface area contributed by atoms with Crippen LogP contribution in [0.1, 0.15) is 12.8 Å². The van der Waals surface area contributed by atoms with Crippen molar-refractivity contribution in [1.29, 1.82) is 0 Å². The van der Waals surface area contributed by atoms with Gasteiger partial charge in [-0.1, -0.05) is 0 Å². The molecule has 0 aromatic heterocycles. The predicted octanol–water partition coefficient (Wildman–Crippen LogP) is 1.79. The molecule has 1 fully saturated rings. The summed E-state index contributed by atoms with van der Waals surface area (Å²) in [6.45, 7) is 1.40. The second-order valence-corrected chi connectivity index (χ2v) is 6.33. The lowest BCUT2D eigenvalue weighted by molar-refractivity contribution is 0.120. The van der Waals surface area contributed by atoms with Crippen molar-refractivity contribution in [2.24, 2.45) is 0 Å². The van der Waals surface area contributed by atoms with Crippen LogP contribution >= 0.6 is 0 Å². The van der Waals surface area contributed by atoms with Crippen molar-refractivity contribution in [3.05, 3.63) is 24.0 Å². The maximum atomic E-state index is 13.5. The fourth-order valence-corrected chi connectivity index (χ4v) is 2.51. The van der Waals surface area contributed by atoms with Crippen LogP contribution in [0.3, 0.4) is 0 Å². The van der Waals surface area contributed by atoms with Gasteiger partial charge in [-0.15, -0.1) is 0 Å². The maximum absolute atomic E-state index is 13.5. The monoisotopic (exact) mass is 288 g/mol. The summed E-state index contributed by atoms with van der Waals surface area (Å²) in [6.07, 6.45) is 3.20. The van der Waals surface area contributed by atoms with Gasteiger partial charge < -0.3 is 10.1 Å². The first kappa shape index (κ1) is 14.1. The number of rotatable bonds is 5. The van der Waals surface area contributed by atoms with Crippen LogP contribution in [0, 0.1) is 5.82 Å². The number of halogens is 1. The summed E-state index contributed by atoms with van der Waals surface area (Å²) in [5.74, 6) is -0.604. The van der Waals surface area contributed by atoms with Crippen LogP contribution in [0.15, 0.2) is 18.2 Å². The Morgan fingerprint density at radius 2 is 2.26 bits per heavy atom. The van der Waals surface area contributed by atoms with E-state index in [1.54, 1.807) is 6.07 Å². The highest BCUT2D eigenvalue weighted by molar-refractivity contribution is 7.92. The number of benzene rings is 1. The predicted molar refractivity (Wildman–Crippen MR) is 72.3 cm³/mol. The van der Waals surface area contributed by atoms with Crippen molar-refractivity contribution >= 4 is 21.4 Å². The minimum absolute atomic E-state index is 0.0557. The number of anilines is 2. The van der Waals surface area contributed by atoms with Gasteiger partial charge in [0.25, 0.3) is 0 Å². The number of hydrogen-bond acceptors (Lipinski definition) is 4. The van der Waals surface area contributed by atoms with Crippen molar-refractivity contribution in [2.45, 2.75) is 18.9 Å². The molecule has 2 N–H and O–H groups in total. The molecule has 1 unspecified atom stereocenters. The van der Waals surface area contributed by atoms with Gasteiger partial charge in [0.15, 0.2) is 0 Å². The molecule has 106 valence electrons. The molecular weight excluding hydrogens is 271 g/mol. The van der Waals surface area contributed by atoms with Crippen molar-refractivity contribution in [3.8, 4) is 0 Å². The van der Waals surface area contributed by atoms with E-state index in [-0.39, 0.29) is 11.8 Å². The Balaban J connectivity index is 2.03. The molecule has 5 nitrogen and oxygen atoms in total. The molecule has 1 aliphatic rings. The SMILES string of the molecule is CS(=O)(=O)Nc1cc(NCC2CCCO2)ccc1F. The van der Waals surface area contributed by atoms with Crippen molar-refractivity contribution < 1.29 is 17.5 Å². The van der Waals surface area contributed by atoms with Gasteiger partial charge >= 0.3 is 0 Å². The molecule has 0 aliphatic carbocycles. The second kappa shape index (κ2) is 5.75. The summed E-state index contributed by atoms with van der Waals surface area (Å²) >= 11 is 0. The smallest absolute Gasteiger partial charge is 0.229 e. The summed E-state index contributed by atoms with van der Waals surface area (Å²) in [5, 5.41) is 3.11. The molecular formula is C12H17FN2O3S. The van der Waals surface area contributed by atoms with Crippen LogP contribution in [0.2, 0.25) is 0 Å². The van der Waals surface area contributed by atoms with E-state index in [2.05, 4.69) is 10.0 Å². The molecule has 0 bridgehead atoms. The van der Waals surface area contributed by atoms with E-state index in [1.807, 2.05) is 0 Å². The Morgan fingerprint density at radius 1 is 1.47 bits per heavy atom. The largest absolute Gasteiger partial charge is 0.382 e. The van der Waals surface area contributed by atoms with E-state index in [4.69, 9.17) is 4.74 Å². The Morgan fingerprint density at radius 3 is 2.89 bits per heavy atom. The summed E-state index contributed by atoms with van der Waals surface area (Å²) in [6, 6.07) is 4.23. The van der Waals surface area contributed by atoms with Crippen LogP contribution in [-0.4, -0.2) is 33.9 Å². The standard InChI is InChI=1S/C12H17FN2O3S/c1-19(16,17)15-12-7-9(4-5-11(12)13)14-8-10-3-2-6-18-10/h4-5,7,10,14-15H,2-3,6,8H2,1H3. The van der Waals surface area contributed by atoms with Crippen LogP contribution in [0.4, 0.5) is 15.8 Å². The Labute approximate surface area is 112 Å². The molecule has 1 atom stereocenters. The lowest BCUT2D eigenvalue weighted by atomic mass is 10.2. The lowest BCUT2D eigenvalue weighted by Gasteiger charge is -2.13. The van der Waals surface area contributed by atoms with Crippen LogP contribution in [-0.2, 0) is 14.8 Å². The fourth-order valence-electron chi connectivity index (χ4n) is 1.95. The molecule has 7 heteroatoms. The highest BCUT2D eigenvalue weighted by Gasteiger charge is 2.15. The summed E-state index contributed by atoms with van der Waals surface area (Å²) in [5.41, 5.74) is 0.600. The van der Waals surface area contributed by atoms with E-state index in [0.717, 1.165) is 25.7 Å². The first-order chi connectivity index (χ1) is 8.94. The molecule has 19 heavy (non-hydrogen) atoms. The highest BCUT2D eigenvalue weighted by atomic mass is 32.2. The van der Waals surface area contributed by atoms with Crippen molar-refractivity contribution in [3.63, 3.8) is 0 Å². The van der Waals surface area contributed by atoms with Gasteiger partial charge in [0.05, 0.1) is 18.0 Å². The zero-order chi connectivity index (χ0) is 13.9. The van der Waals surface area contributed by atoms with E-state index < -0.39 is 15.8 Å². The van der Waals surface area contributed by atoms with Gasteiger partial charge in [-0.05, 0) is 31.0 Å². The number of nitrogens with one attached hydrogen (secondary N) is 2. The third-order valence-corrected chi connectivity index (χ3v) is 3.41. The number of hydrogen-bond donors (Lipinski definition) is 2. The molecule has 0 amide bonds. The van der Waals surface area contributed by atoms with Gasteiger partial charge in [0.1, 0.15) is 5.82 Å². The average molecular weight is 288 g/mol. The zero-order valence-corrected chi connectivity index (χ0v) is 11.5. The van der Waals surface area contributed by atoms with E-state index >= 15 is 0 Å².